The van der Waals surface area contributed by atoms with E-state index in [1.54, 1.807) is 26.4 Å². The summed E-state index contributed by atoms with van der Waals surface area (Å²) in [4.78, 5) is 0. The predicted molar refractivity (Wildman–Crippen MR) is 76.7 cm³/mol. The van der Waals surface area contributed by atoms with Crippen LogP contribution < -0.4 is 15.2 Å². The molecule has 2 aromatic carbocycles. The smallest absolute Gasteiger partial charge is 0.123 e. The van der Waals surface area contributed by atoms with E-state index in [2.05, 4.69) is 0 Å². The van der Waals surface area contributed by atoms with Crippen LogP contribution in [0.3, 0.4) is 0 Å². The first-order valence-electron chi connectivity index (χ1n) is 6.29. The molecule has 0 heterocycles. The zero-order valence-corrected chi connectivity index (χ0v) is 11.8. The Kier molecular flexibility index (Phi) is 4.25. The first-order chi connectivity index (χ1) is 9.55. The van der Waals surface area contributed by atoms with Crippen LogP contribution in [0.25, 0.3) is 0 Å². The standard InChI is InChI=1S/C16H18FNO2/c1-10-6-12(17)4-5-15(10)16(18)11-7-13(19-2)9-14(8-11)20-3/h4-9,16H,18H2,1-3H3. The molecule has 0 aliphatic carbocycles. The van der Waals surface area contributed by atoms with Crippen LogP contribution in [0.15, 0.2) is 36.4 Å². The van der Waals surface area contributed by atoms with Crippen LogP contribution in [0.5, 0.6) is 11.5 Å². The molecule has 2 aromatic rings. The fourth-order valence-corrected chi connectivity index (χ4v) is 2.18. The van der Waals surface area contributed by atoms with E-state index < -0.39 is 0 Å². The average Bonchev–Trinajstić information content (AvgIpc) is 2.46. The van der Waals surface area contributed by atoms with E-state index in [-0.39, 0.29) is 11.9 Å². The van der Waals surface area contributed by atoms with Gasteiger partial charge in [0.15, 0.2) is 0 Å². The van der Waals surface area contributed by atoms with Crippen LogP contribution in [0.4, 0.5) is 4.39 Å². The maximum Gasteiger partial charge on any atom is 0.123 e. The van der Waals surface area contributed by atoms with Crippen LogP contribution in [0, 0.1) is 12.7 Å². The van der Waals surface area contributed by atoms with Gasteiger partial charge in [0.25, 0.3) is 0 Å². The highest BCUT2D eigenvalue weighted by atomic mass is 19.1. The van der Waals surface area contributed by atoms with E-state index in [1.807, 2.05) is 19.1 Å². The summed E-state index contributed by atoms with van der Waals surface area (Å²) in [6.45, 7) is 1.84. The second-order valence-electron chi connectivity index (χ2n) is 4.62. The molecule has 0 saturated carbocycles. The Hall–Kier alpha value is -2.07. The van der Waals surface area contributed by atoms with Crippen LogP contribution in [0.1, 0.15) is 22.7 Å². The zero-order chi connectivity index (χ0) is 14.7. The molecule has 2 N–H and O–H groups in total. The Bertz CT molecular complexity index is 591. The number of benzene rings is 2. The van der Waals surface area contributed by atoms with Crippen molar-refractivity contribution in [3.8, 4) is 11.5 Å². The highest BCUT2D eigenvalue weighted by Gasteiger charge is 2.14. The zero-order valence-electron chi connectivity index (χ0n) is 11.8. The SMILES string of the molecule is COc1cc(OC)cc(C(N)c2ccc(F)cc2C)c1. The minimum absolute atomic E-state index is 0.262. The Morgan fingerprint density at radius 1 is 1.00 bits per heavy atom. The molecule has 20 heavy (non-hydrogen) atoms. The Morgan fingerprint density at radius 2 is 1.60 bits per heavy atom. The number of aryl methyl sites for hydroxylation is 1. The van der Waals surface area contributed by atoms with E-state index in [4.69, 9.17) is 15.2 Å². The molecule has 0 spiro atoms. The molecule has 2 rings (SSSR count). The minimum Gasteiger partial charge on any atom is -0.497 e. The fourth-order valence-electron chi connectivity index (χ4n) is 2.18. The van der Waals surface area contributed by atoms with Gasteiger partial charge in [-0.2, -0.15) is 0 Å². The summed E-state index contributed by atoms with van der Waals surface area (Å²) in [6, 6.07) is 9.74. The van der Waals surface area contributed by atoms with Gasteiger partial charge in [-0.1, -0.05) is 6.07 Å². The maximum atomic E-state index is 13.2. The number of hydrogen-bond donors (Lipinski definition) is 1. The summed E-state index contributed by atoms with van der Waals surface area (Å²) in [7, 11) is 3.18. The van der Waals surface area contributed by atoms with Gasteiger partial charge < -0.3 is 15.2 Å². The van der Waals surface area contributed by atoms with Crippen molar-refractivity contribution >= 4 is 0 Å². The molecule has 0 radical (unpaired) electrons. The van der Waals surface area contributed by atoms with Crippen molar-refractivity contribution in [2.45, 2.75) is 13.0 Å². The van der Waals surface area contributed by atoms with Crippen molar-refractivity contribution in [2.75, 3.05) is 14.2 Å². The summed E-state index contributed by atoms with van der Waals surface area (Å²) >= 11 is 0. The number of nitrogens with two attached hydrogens (primary N) is 1. The summed E-state index contributed by atoms with van der Waals surface area (Å²) < 4.78 is 23.6. The van der Waals surface area contributed by atoms with E-state index in [0.29, 0.717) is 11.5 Å². The van der Waals surface area contributed by atoms with Gasteiger partial charge in [-0.05, 0) is 47.9 Å². The monoisotopic (exact) mass is 275 g/mol. The molecular weight excluding hydrogens is 257 g/mol. The van der Waals surface area contributed by atoms with Crippen LogP contribution in [-0.4, -0.2) is 14.2 Å². The first-order valence-corrected chi connectivity index (χ1v) is 6.29. The molecule has 106 valence electrons. The third-order valence-corrected chi connectivity index (χ3v) is 3.30. The first kappa shape index (κ1) is 14.3. The second kappa shape index (κ2) is 5.92. The summed E-state index contributed by atoms with van der Waals surface area (Å²) in [5, 5.41) is 0. The van der Waals surface area contributed by atoms with E-state index in [1.165, 1.54) is 12.1 Å². The van der Waals surface area contributed by atoms with Gasteiger partial charge in [0.05, 0.1) is 20.3 Å². The summed E-state index contributed by atoms with van der Waals surface area (Å²) in [6.07, 6.45) is 0. The Balaban J connectivity index is 2.44. The van der Waals surface area contributed by atoms with E-state index >= 15 is 0 Å². The lowest BCUT2D eigenvalue weighted by molar-refractivity contribution is 0.393. The quantitative estimate of drug-likeness (QED) is 0.932. The molecule has 0 amide bonds. The number of halogens is 1. The number of hydrogen-bond acceptors (Lipinski definition) is 3. The third kappa shape index (κ3) is 2.91. The van der Waals surface area contributed by atoms with Gasteiger partial charge >= 0.3 is 0 Å². The van der Waals surface area contributed by atoms with E-state index in [9.17, 15) is 4.39 Å². The molecule has 3 nitrogen and oxygen atoms in total. The lowest BCUT2D eigenvalue weighted by atomic mass is 9.95. The summed E-state index contributed by atoms with van der Waals surface area (Å²) in [5.74, 6) is 1.09. The number of rotatable bonds is 4. The molecule has 0 bridgehead atoms. The van der Waals surface area contributed by atoms with Crippen molar-refractivity contribution in [1.29, 1.82) is 0 Å². The predicted octanol–water partition coefficient (Wildman–Crippen LogP) is 3.20. The number of ether oxygens (including phenoxy) is 2. The highest BCUT2D eigenvalue weighted by molar-refractivity contribution is 5.44. The molecule has 0 saturated heterocycles. The average molecular weight is 275 g/mol. The van der Waals surface area contributed by atoms with E-state index in [0.717, 1.165) is 16.7 Å². The van der Waals surface area contributed by atoms with Crippen LogP contribution in [-0.2, 0) is 0 Å². The highest BCUT2D eigenvalue weighted by Crippen LogP contribution is 2.30. The van der Waals surface area contributed by atoms with Crippen molar-refractivity contribution in [3.05, 3.63) is 58.9 Å². The second-order valence-corrected chi connectivity index (χ2v) is 4.62. The Morgan fingerprint density at radius 3 is 2.10 bits per heavy atom. The van der Waals surface area contributed by atoms with Crippen molar-refractivity contribution in [1.82, 2.24) is 0 Å². The maximum absolute atomic E-state index is 13.2. The van der Waals surface area contributed by atoms with Crippen molar-refractivity contribution in [2.24, 2.45) is 5.73 Å². The molecular formula is C16H18FNO2. The van der Waals surface area contributed by atoms with Gasteiger partial charge in [0.2, 0.25) is 0 Å². The molecule has 0 aliphatic rings. The normalized spacial score (nSPS) is 12.1. The lowest BCUT2D eigenvalue weighted by Gasteiger charge is -2.17. The molecule has 1 atom stereocenters. The third-order valence-electron chi connectivity index (χ3n) is 3.30. The number of methoxy groups -OCH3 is 2. The van der Waals surface area contributed by atoms with Gasteiger partial charge in [0, 0.05) is 6.07 Å². The molecule has 4 heteroatoms. The van der Waals surface area contributed by atoms with Crippen LogP contribution >= 0.6 is 0 Å². The fraction of sp³-hybridized carbons (Fsp3) is 0.250. The molecule has 1 unspecified atom stereocenters. The topological polar surface area (TPSA) is 44.5 Å². The largest absolute Gasteiger partial charge is 0.497 e. The van der Waals surface area contributed by atoms with Crippen LogP contribution in [0.2, 0.25) is 0 Å². The van der Waals surface area contributed by atoms with Crippen molar-refractivity contribution in [3.63, 3.8) is 0 Å². The van der Waals surface area contributed by atoms with Gasteiger partial charge in [0.1, 0.15) is 17.3 Å². The van der Waals surface area contributed by atoms with Gasteiger partial charge in [-0.15, -0.1) is 0 Å². The van der Waals surface area contributed by atoms with Gasteiger partial charge in [-0.25, -0.2) is 4.39 Å². The minimum atomic E-state index is -0.361. The lowest BCUT2D eigenvalue weighted by Crippen LogP contribution is -2.13. The van der Waals surface area contributed by atoms with Gasteiger partial charge in [-0.3, -0.25) is 0 Å². The van der Waals surface area contributed by atoms with Crippen molar-refractivity contribution < 1.29 is 13.9 Å². The molecule has 0 fully saturated rings. The summed E-state index contributed by atoms with van der Waals surface area (Å²) in [5.41, 5.74) is 8.83. The molecule has 0 aliphatic heterocycles. The Labute approximate surface area is 118 Å². The molecule has 0 aromatic heterocycles.